The van der Waals surface area contributed by atoms with Crippen LogP contribution in [-0.2, 0) is 4.79 Å². The molecule has 1 amide bonds. The van der Waals surface area contributed by atoms with E-state index >= 15 is 0 Å². The minimum atomic E-state index is 0.402. The molecule has 0 aromatic rings. The van der Waals surface area contributed by atoms with Gasteiger partial charge in [0.1, 0.15) is 0 Å². The SMILES string of the molecule is O=C1CC(NC2CCC2)CN1C1CCCCCC1. The summed E-state index contributed by atoms with van der Waals surface area (Å²) in [6.45, 7) is 0.972. The maximum atomic E-state index is 12.2. The first-order valence-electron chi connectivity index (χ1n) is 7.88. The molecule has 2 aliphatic carbocycles. The Hall–Kier alpha value is -0.570. The molecule has 0 bridgehead atoms. The summed E-state index contributed by atoms with van der Waals surface area (Å²) in [4.78, 5) is 14.4. The zero-order chi connectivity index (χ0) is 12.4. The van der Waals surface area contributed by atoms with E-state index in [0.717, 1.165) is 13.0 Å². The van der Waals surface area contributed by atoms with Gasteiger partial charge in [0.15, 0.2) is 0 Å². The van der Waals surface area contributed by atoms with Crippen LogP contribution in [0.4, 0.5) is 0 Å². The van der Waals surface area contributed by atoms with Crippen LogP contribution in [-0.4, -0.2) is 35.5 Å². The summed E-state index contributed by atoms with van der Waals surface area (Å²) in [5.74, 6) is 0.402. The van der Waals surface area contributed by atoms with Crippen molar-refractivity contribution in [1.29, 1.82) is 0 Å². The predicted molar refractivity (Wildman–Crippen MR) is 72.4 cm³/mol. The van der Waals surface area contributed by atoms with Gasteiger partial charge in [-0.1, -0.05) is 32.1 Å². The number of carbonyl (C=O) groups is 1. The van der Waals surface area contributed by atoms with Gasteiger partial charge >= 0.3 is 0 Å². The molecule has 0 aromatic heterocycles. The number of nitrogens with one attached hydrogen (secondary N) is 1. The summed E-state index contributed by atoms with van der Waals surface area (Å²) >= 11 is 0. The number of hydrogen-bond donors (Lipinski definition) is 1. The van der Waals surface area contributed by atoms with E-state index < -0.39 is 0 Å². The highest BCUT2D eigenvalue weighted by molar-refractivity contribution is 5.79. The summed E-state index contributed by atoms with van der Waals surface area (Å²) in [7, 11) is 0. The van der Waals surface area contributed by atoms with Gasteiger partial charge in [-0.25, -0.2) is 0 Å². The van der Waals surface area contributed by atoms with Crippen molar-refractivity contribution in [3.63, 3.8) is 0 Å². The monoisotopic (exact) mass is 250 g/mol. The van der Waals surface area contributed by atoms with E-state index in [1.807, 2.05) is 0 Å². The van der Waals surface area contributed by atoms with Gasteiger partial charge in [0.05, 0.1) is 0 Å². The Kier molecular flexibility index (Phi) is 3.88. The van der Waals surface area contributed by atoms with Crippen LogP contribution >= 0.6 is 0 Å². The molecule has 1 saturated heterocycles. The number of amides is 1. The van der Waals surface area contributed by atoms with Gasteiger partial charge in [0, 0.05) is 31.1 Å². The molecule has 0 spiro atoms. The smallest absolute Gasteiger partial charge is 0.224 e. The molecular formula is C15H26N2O. The van der Waals surface area contributed by atoms with Crippen molar-refractivity contribution in [2.45, 2.75) is 82.3 Å². The first-order valence-corrected chi connectivity index (χ1v) is 7.88. The second-order valence-corrected chi connectivity index (χ2v) is 6.39. The fourth-order valence-electron chi connectivity index (χ4n) is 3.67. The molecular weight excluding hydrogens is 224 g/mol. The number of rotatable bonds is 3. The van der Waals surface area contributed by atoms with Crippen LogP contribution in [0, 0.1) is 0 Å². The van der Waals surface area contributed by atoms with Crippen molar-refractivity contribution in [3.05, 3.63) is 0 Å². The third-order valence-electron chi connectivity index (χ3n) is 5.00. The first kappa shape index (κ1) is 12.5. The van der Waals surface area contributed by atoms with Crippen molar-refractivity contribution in [2.75, 3.05) is 6.54 Å². The van der Waals surface area contributed by atoms with Crippen LogP contribution in [0.2, 0.25) is 0 Å². The van der Waals surface area contributed by atoms with Crippen LogP contribution in [0.1, 0.15) is 64.2 Å². The van der Waals surface area contributed by atoms with Crippen LogP contribution in [0.5, 0.6) is 0 Å². The van der Waals surface area contributed by atoms with E-state index in [0.29, 0.717) is 24.0 Å². The maximum Gasteiger partial charge on any atom is 0.224 e. The average Bonchev–Trinajstić information content (AvgIpc) is 2.54. The molecule has 18 heavy (non-hydrogen) atoms. The standard InChI is InChI=1S/C15H26N2O/c18-15-10-13(16-12-6-5-7-12)11-17(15)14-8-3-1-2-4-9-14/h12-14,16H,1-11H2. The van der Waals surface area contributed by atoms with E-state index in [1.54, 1.807) is 0 Å². The summed E-state index contributed by atoms with van der Waals surface area (Å²) < 4.78 is 0. The molecule has 1 aliphatic heterocycles. The lowest BCUT2D eigenvalue weighted by molar-refractivity contribution is -0.129. The normalized spacial score (nSPS) is 31.4. The molecule has 0 aromatic carbocycles. The molecule has 1 unspecified atom stereocenters. The highest BCUT2D eigenvalue weighted by Gasteiger charge is 2.35. The van der Waals surface area contributed by atoms with E-state index in [9.17, 15) is 4.79 Å². The first-order chi connectivity index (χ1) is 8.83. The van der Waals surface area contributed by atoms with Crippen molar-refractivity contribution < 1.29 is 4.79 Å². The zero-order valence-electron chi connectivity index (χ0n) is 11.4. The number of hydrogen-bond acceptors (Lipinski definition) is 2. The molecule has 3 rings (SSSR count). The van der Waals surface area contributed by atoms with Gasteiger partial charge in [0.2, 0.25) is 5.91 Å². The molecule has 3 nitrogen and oxygen atoms in total. The molecule has 102 valence electrons. The Morgan fingerprint density at radius 3 is 2.22 bits per heavy atom. The van der Waals surface area contributed by atoms with E-state index in [4.69, 9.17) is 0 Å². The molecule has 3 heteroatoms. The van der Waals surface area contributed by atoms with Crippen LogP contribution < -0.4 is 5.32 Å². The van der Waals surface area contributed by atoms with Crippen molar-refractivity contribution in [2.24, 2.45) is 0 Å². The Bertz CT molecular complexity index is 293. The average molecular weight is 250 g/mol. The van der Waals surface area contributed by atoms with Gasteiger partial charge in [0.25, 0.3) is 0 Å². The molecule has 1 atom stereocenters. The van der Waals surface area contributed by atoms with Gasteiger partial charge in [-0.15, -0.1) is 0 Å². The Morgan fingerprint density at radius 2 is 1.61 bits per heavy atom. The number of carbonyl (C=O) groups excluding carboxylic acids is 1. The molecule has 3 aliphatic rings. The Morgan fingerprint density at radius 1 is 0.889 bits per heavy atom. The predicted octanol–water partition coefficient (Wildman–Crippen LogP) is 2.45. The molecule has 2 saturated carbocycles. The molecule has 1 heterocycles. The largest absolute Gasteiger partial charge is 0.338 e. The summed E-state index contributed by atoms with van der Waals surface area (Å²) in [6, 6.07) is 1.69. The highest BCUT2D eigenvalue weighted by Crippen LogP contribution is 2.27. The second kappa shape index (κ2) is 5.60. The minimum Gasteiger partial charge on any atom is -0.338 e. The van der Waals surface area contributed by atoms with Gasteiger partial charge in [-0.3, -0.25) is 4.79 Å². The fourth-order valence-corrected chi connectivity index (χ4v) is 3.67. The fraction of sp³-hybridized carbons (Fsp3) is 0.933. The van der Waals surface area contributed by atoms with Crippen molar-refractivity contribution >= 4 is 5.91 Å². The third kappa shape index (κ3) is 2.71. The van der Waals surface area contributed by atoms with Crippen molar-refractivity contribution in [1.82, 2.24) is 10.2 Å². The van der Waals surface area contributed by atoms with Crippen LogP contribution in [0.15, 0.2) is 0 Å². The van der Waals surface area contributed by atoms with Crippen LogP contribution in [0.3, 0.4) is 0 Å². The summed E-state index contributed by atoms with van der Waals surface area (Å²) in [6.07, 6.45) is 12.6. The summed E-state index contributed by atoms with van der Waals surface area (Å²) in [5.41, 5.74) is 0. The van der Waals surface area contributed by atoms with Gasteiger partial charge in [-0.05, 0) is 25.7 Å². The molecule has 1 N–H and O–H groups in total. The molecule has 3 fully saturated rings. The van der Waals surface area contributed by atoms with Gasteiger partial charge in [-0.2, -0.15) is 0 Å². The maximum absolute atomic E-state index is 12.2. The lowest BCUT2D eigenvalue weighted by Gasteiger charge is -2.31. The lowest BCUT2D eigenvalue weighted by atomic mass is 9.92. The minimum absolute atomic E-state index is 0.402. The quantitative estimate of drug-likeness (QED) is 0.780. The number of nitrogens with zero attached hydrogens (tertiary/aromatic N) is 1. The third-order valence-corrected chi connectivity index (χ3v) is 5.00. The van der Waals surface area contributed by atoms with E-state index in [-0.39, 0.29) is 0 Å². The van der Waals surface area contributed by atoms with Crippen molar-refractivity contribution in [3.8, 4) is 0 Å². The Labute approximate surface area is 110 Å². The van der Waals surface area contributed by atoms with Crippen LogP contribution in [0.25, 0.3) is 0 Å². The van der Waals surface area contributed by atoms with Gasteiger partial charge < -0.3 is 10.2 Å². The Balaban J connectivity index is 1.53. The lowest BCUT2D eigenvalue weighted by Crippen LogP contribution is -2.44. The van der Waals surface area contributed by atoms with E-state index in [1.165, 1.54) is 57.8 Å². The topological polar surface area (TPSA) is 32.3 Å². The highest BCUT2D eigenvalue weighted by atomic mass is 16.2. The zero-order valence-corrected chi connectivity index (χ0v) is 11.4. The number of likely N-dealkylation sites (tertiary alicyclic amines) is 1. The van der Waals surface area contributed by atoms with E-state index in [2.05, 4.69) is 10.2 Å². The summed E-state index contributed by atoms with van der Waals surface area (Å²) in [5, 5.41) is 3.67. The molecule has 0 radical (unpaired) electrons. The second-order valence-electron chi connectivity index (χ2n) is 6.39.